The summed E-state index contributed by atoms with van der Waals surface area (Å²) in [5.74, 6) is -0.0350. The lowest BCUT2D eigenvalue weighted by Crippen LogP contribution is -2.51. The van der Waals surface area contributed by atoms with Gasteiger partial charge in [-0.1, -0.05) is 54.4 Å². The third-order valence-corrected chi connectivity index (χ3v) is 7.52. The van der Waals surface area contributed by atoms with Gasteiger partial charge in [0.05, 0.1) is 5.02 Å². The van der Waals surface area contributed by atoms with Gasteiger partial charge in [-0.15, -0.1) is 11.3 Å². The largest absolute Gasteiger partial charge is 0.345 e. The summed E-state index contributed by atoms with van der Waals surface area (Å²) < 4.78 is 0.925. The molecule has 3 aromatic rings. The smallest absolute Gasteiger partial charge is 0.265 e. The molecule has 4 rings (SSSR count). The number of carbonyl (C=O) groups is 1. The van der Waals surface area contributed by atoms with Crippen LogP contribution < -0.4 is 5.32 Å². The fourth-order valence-electron chi connectivity index (χ4n) is 3.58. The molecule has 0 unspecified atom stereocenters. The second-order valence-electron chi connectivity index (χ2n) is 7.11. The maximum Gasteiger partial charge on any atom is 0.265 e. The first-order valence-electron chi connectivity index (χ1n) is 9.78. The van der Waals surface area contributed by atoms with Crippen LogP contribution in [0, 0.1) is 0 Å². The average molecular weight is 478 g/mol. The van der Waals surface area contributed by atoms with Crippen LogP contribution in [0.2, 0.25) is 10.0 Å². The molecule has 2 heterocycles. The van der Waals surface area contributed by atoms with E-state index in [-0.39, 0.29) is 5.91 Å². The molecule has 1 N–H and O–H groups in total. The number of rotatable bonds is 3. The second-order valence-corrected chi connectivity index (χ2v) is 9.36. The first kappa shape index (κ1) is 21.4. The molecule has 0 radical (unpaired) electrons. The summed E-state index contributed by atoms with van der Waals surface area (Å²) in [6, 6.07) is 13.7. The minimum Gasteiger partial charge on any atom is -0.345 e. The Morgan fingerprint density at radius 3 is 2.53 bits per heavy atom. The van der Waals surface area contributed by atoms with Gasteiger partial charge >= 0.3 is 0 Å². The van der Waals surface area contributed by atoms with E-state index >= 15 is 0 Å². The van der Waals surface area contributed by atoms with E-state index in [1.165, 1.54) is 16.9 Å². The zero-order valence-corrected chi connectivity index (χ0v) is 19.6. The van der Waals surface area contributed by atoms with Crippen molar-refractivity contribution in [3.8, 4) is 0 Å². The predicted octanol–water partition coefficient (Wildman–Crippen LogP) is 5.93. The Bertz CT molecular complexity index is 1110. The van der Waals surface area contributed by atoms with Gasteiger partial charge < -0.3 is 15.1 Å². The quantitative estimate of drug-likeness (QED) is 0.474. The van der Waals surface area contributed by atoms with E-state index < -0.39 is 0 Å². The third-order valence-electron chi connectivity index (χ3n) is 5.28. The van der Waals surface area contributed by atoms with Gasteiger partial charge in [0.2, 0.25) is 0 Å². The van der Waals surface area contributed by atoms with Crippen LogP contribution in [-0.4, -0.2) is 47.0 Å². The van der Waals surface area contributed by atoms with Gasteiger partial charge in [0.15, 0.2) is 5.11 Å². The van der Waals surface area contributed by atoms with Crippen molar-refractivity contribution in [2.24, 2.45) is 0 Å². The number of thiocarbonyl (C=S) groups is 1. The molecular weight excluding hydrogens is 457 g/mol. The summed E-state index contributed by atoms with van der Waals surface area (Å²) in [6.45, 7) is 4.68. The molecular formula is C22H21Cl2N3OS2. The summed E-state index contributed by atoms with van der Waals surface area (Å²) in [7, 11) is 0. The zero-order valence-electron chi connectivity index (χ0n) is 16.5. The summed E-state index contributed by atoms with van der Waals surface area (Å²) in [6.07, 6.45) is 0.940. The predicted molar refractivity (Wildman–Crippen MR) is 131 cm³/mol. The fraction of sp³-hybridized carbons (Fsp3) is 0.273. The summed E-state index contributed by atoms with van der Waals surface area (Å²) in [5.41, 5.74) is 2.27. The van der Waals surface area contributed by atoms with Crippen LogP contribution in [0.15, 0.2) is 42.5 Å². The highest BCUT2D eigenvalue weighted by atomic mass is 35.5. The van der Waals surface area contributed by atoms with Crippen LogP contribution >= 0.6 is 46.8 Å². The van der Waals surface area contributed by atoms with Gasteiger partial charge in [-0.05, 0) is 42.4 Å². The Balaban J connectivity index is 1.41. The standard InChI is InChI=1S/C22H21Cl2N3OS2/c1-2-14-5-3-4-6-17(14)25-22(29)27-11-9-26(10-12-27)21(28)20-19(24)16-8-7-15(23)13-18(16)30-20/h3-8,13H,2,9-12H2,1H3,(H,25,29). The molecule has 1 fully saturated rings. The molecule has 156 valence electrons. The summed E-state index contributed by atoms with van der Waals surface area (Å²) in [4.78, 5) is 17.6. The van der Waals surface area contributed by atoms with Crippen molar-refractivity contribution in [1.29, 1.82) is 0 Å². The molecule has 4 nitrogen and oxygen atoms in total. The molecule has 0 aliphatic carbocycles. The van der Waals surface area contributed by atoms with Crippen molar-refractivity contribution in [2.75, 3.05) is 31.5 Å². The van der Waals surface area contributed by atoms with Crippen LogP contribution in [-0.2, 0) is 6.42 Å². The minimum absolute atomic E-state index is 0.0350. The number of carbonyl (C=O) groups excluding carboxylic acids is 1. The van der Waals surface area contributed by atoms with Crippen molar-refractivity contribution in [3.63, 3.8) is 0 Å². The van der Waals surface area contributed by atoms with Gasteiger partial charge in [-0.25, -0.2) is 0 Å². The summed E-state index contributed by atoms with van der Waals surface area (Å²) >= 11 is 19.6. The Morgan fingerprint density at radius 1 is 1.10 bits per heavy atom. The molecule has 0 spiro atoms. The number of benzene rings is 2. The average Bonchev–Trinajstić information content (AvgIpc) is 3.09. The second kappa shape index (κ2) is 9.10. The highest BCUT2D eigenvalue weighted by Crippen LogP contribution is 2.37. The van der Waals surface area contributed by atoms with E-state index in [0.29, 0.717) is 46.2 Å². The Morgan fingerprint density at radius 2 is 1.80 bits per heavy atom. The lowest BCUT2D eigenvalue weighted by Gasteiger charge is -2.36. The molecule has 1 aliphatic rings. The highest BCUT2D eigenvalue weighted by Gasteiger charge is 2.27. The van der Waals surface area contributed by atoms with Crippen molar-refractivity contribution >= 4 is 73.5 Å². The summed E-state index contributed by atoms with van der Waals surface area (Å²) in [5, 5.41) is 6.07. The first-order valence-corrected chi connectivity index (χ1v) is 11.8. The molecule has 0 atom stereocenters. The lowest BCUT2D eigenvalue weighted by atomic mass is 10.1. The number of hydrogen-bond acceptors (Lipinski definition) is 3. The van der Waals surface area contributed by atoms with E-state index in [2.05, 4.69) is 23.2 Å². The van der Waals surface area contributed by atoms with E-state index in [4.69, 9.17) is 35.4 Å². The molecule has 2 aromatic carbocycles. The molecule has 0 saturated carbocycles. The number of piperazine rings is 1. The Kier molecular flexibility index (Phi) is 6.48. The van der Waals surface area contributed by atoms with Crippen LogP contribution in [0.3, 0.4) is 0 Å². The monoisotopic (exact) mass is 477 g/mol. The van der Waals surface area contributed by atoms with Crippen LogP contribution in [0.1, 0.15) is 22.2 Å². The molecule has 1 saturated heterocycles. The molecule has 1 aromatic heterocycles. The molecule has 8 heteroatoms. The number of halogens is 2. The highest BCUT2D eigenvalue weighted by molar-refractivity contribution is 7.80. The van der Waals surface area contributed by atoms with Crippen LogP contribution in [0.25, 0.3) is 10.1 Å². The minimum atomic E-state index is -0.0350. The third kappa shape index (κ3) is 4.28. The molecule has 1 amide bonds. The van der Waals surface area contributed by atoms with E-state index in [0.717, 1.165) is 22.2 Å². The van der Waals surface area contributed by atoms with Gasteiger partial charge in [0, 0.05) is 47.0 Å². The maximum absolute atomic E-state index is 13.1. The maximum atomic E-state index is 13.1. The van der Waals surface area contributed by atoms with Gasteiger partial charge in [0.25, 0.3) is 5.91 Å². The number of nitrogens with one attached hydrogen (secondary N) is 1. The molecule has 1 aliphatic heterocycles. The lowest BCUT2D eigenvalue weighted by molar-refractivity contribution is 0.0698. The van der Waals surface area contributed by atoms with Crippen LogP contribution in [0.4, 0.5) is 5.69 Å². The van der Waals surface area contributed by atoms with Gasteiger partial charge in [0.1, 0.15) is 4.88 Å². The zero-order chi connectivity index (χ0) is 21.3. The number of hydrogen-bond donors (Lipinski definition) is 1. The molecule has 0 bridgehead atoms. The number of aryl methyl sites for hydroxylation is 1. The number of para-hydroxylation sites is 1. The first-order chi connectivity index (χ1) is 14.5. The van der Waals surface area contributed by atoms with Crippen molar-refractivity contribution in [3.05, 3.63) is 63.0 Å². The normalized spacial score (nSPS) is 14.2. The molecule has 30 heavy (non-hydrogen) atoms. The van der Waals surface area contributed by atoms with Crippen molar-refractivity contribution in [1.82, 2.24) is 9.80 Å². The van der Waals surface area contributed by atoms with E-state index in [1.54, 1.807) is 6.07 Å². The number of nitrogens with zero attached hydrogens (tertiary/aromatic N) is 2. The van der Waals surface area contributed by atoms with Gasteiger partial charge in [-0.2, -0.15) is 0 Å². The number of amides is 1. The topological polar surface area (TPSA) is 35.6 Å². The van der Waals surface area contributed by atoms with E-state index in [9.17, 15) is 4.79 Å². The number of thiophene rings is 1. The SMILES string of the molecule is CCc1ccccc1NC(=S)N1CCN(C(=O)c2sc3cc(Cl)ccc3c2Cl)CC1. The number of anilines is 1. The van der Waals surface area contributed by atoms with Crippen molar-refractivity contribution in [2.45, 2.75) is 13.3 Å². The Labute approximate surface area is 195 Å². The fourth-order valence-corrected chi connectivity index (χ4v) is 5.63. The number of fused-ring (bicyclic) bond motifs is 1. The Hall–Kier alpha value is -1.86. The van der Waals surface area contributed by atoms with Crippen molar-refractivity contribution < 1.29 is 4.79 Å². The van der Waals surface area contributed by atoms with Crippen LogP contribution in [0.5, 0.6) is 0 Å². The van der Waals surface area contributed by atoms with E-state index in [1.807, 2.05) is 35.2 Å². The van der Waals surface area contributed by atoms with Gasteiger partial charge in [-0.3, -0.25) is 4.79 Å².